The molecule has 2 amide bonds. The first kappa shape index (κ1) is 31.6. The van der Waals surface area contributed by atoms with Gasteiger partial charge in [0.1, 0.15) is 24.1 Å². The van der Waals surface area contributed by atoms with Crippen molar-refractivity contribution < 1.29 is 37.3 Å². The SMILES string of the molecule is COc1ccc(-c2ccc3nccc(C(=O)NCC(=O)N4CC(F)(F)C[C@H]4C#N)c3c2)c(OCCOCCOCCN)c1. The highest BCUT2D eigenvalue weighted by molar-refractivity contribution is 6.07. The van der Waals surface area contributed by atoms with Gasteiger partial charge in [-0.3, -0.25) is 14.6 Å². The summed E-state index contributed by atoms with van der Waals surface area (Å²) >= 11 is 0. The molecule has 2 heterocycles. The Kier molecular flexibility index (Phi) is 10.8. The van der Waals surface area contributed by atoms with E-state index >= 15 is 0 Å². The molecule has 1 saturated heterocycles. The molecule has 0 radical (unpaired) electrons. The molecule has 0 unspecified atom stereocenters. The Morgan fingerprint density at radius 3 is 2.63 bits per heavy atom. The normalized spacial score (nSPS) is 15.7. The lowest BCUT2D eigenvalue weighted by Crippen LogP contribution is -2.43. The van der Waals surface area contributed by atoms with Crippen LogP contribution in [0.3, 0.4) is 0 Å². The first-order valence-electron chi connectivity index (χ1n) is 13.7. The van der Waals surface area contributed by atoms with Crippen LogP contribution in [0.4, 0.5) is 8.78 Å². The van der Waals surface area contributed by atoms with Crippen molar-refractivity contribution in [3.8, 4) is 28.7 Å². The highest BCUT2D eigenvalue weighted by Crippen LogP contribution is 2.35. The number of likely N-dealkylation sites (tertiary alicyclic amines) is 1. The van der Waals surface area contributed by atoms with E-state index in [4.69, 9.17) is 29.9 Å². The van der Waals surface area contributed by atoms with Crippen LogP contribution in [-0.2, 0) is 14.3 Å². The van der Waals surface area contributed by atoms with Crippen LogP contribution in [0.2, 0.25) is 0 Å². The summed E-state index contributed by atoms with van der Waals surface area (Å²) in [4.78, 5) is 30.9. The molecule has 1 fully saturated rings. The summed E-state index contributed by atoms with van der Waals surface area (Å²) in [5.74, 6) is -3.36. The fraction of sp³-hybridized carbons (Fsp3) is 0.400. The number of nitrogens with zero attached hydrogens (tertiary/aromatic N) is 3. The predicted octanol–water partition coefficient (Wildman–Crippen LogP) is 2.77. The molecule has 3 N–H and O–H groups in total. The van der Waals surface area contributed by atoms with Gasteiger partial charge >= 0.3 is 0 Å². The average molecular weight is 598 g/mol. The highest BCUT2D eigenvalue weighted by Gasteiger charge is 2.47. The van der Waals surface area contributed by atoms with Crippen molar-refractivity contribution in [2.45, 2.75) is 18.4 Å². The number of carbonyl (C=O) groups excluding carboxylic acids is 2. The Balaban J connectivity index is 1.49. The van der Waals surface area contributed by atoms with Gasteiger partial charge in [0.25, 0.3) is 11.8 Å². The van der Waals surface area contributed by atoms with Crippen LogP contribution in [0.1, 0.15) is 16.8 Å². The molecule has 228 valence electrons. The van der Waals surface area contributed by atoms with Gasteiger partial charge in [0.2, 0.25) is 5.91 Å². The number of nitrogens with two attached hydrogens (primary N) is 1. The molecule has 1 aliphatic heterocycles. The zero-order valence-corrected chi connectivity index (χ0v) is 23.7. The van der Waals surface area contributed by atoms with Crippen LogP contribution >= 0.6 is 0 Å². The van der Waals surface area contributed by atoms with Crippen LogP contribution in [0.25, 0.3) is 22.0 Å². The number of hydrogen-bond acceptors (Lipinski definition) is 9. The van der Waals surface area contributed by atoms with E-state index in [1.54, 1.807) is 37.4 Å². The number of aromatic nitrogens is 1. The van der Waals surface area contributed by atoms with Crippen molar-refractivity contribution in [2.75, 3.05) is 59.8 Å². The van der Waals surface area contributed by atoms with Gasteiger partial charge in [-0.1, -0.05) is 6.07 Å². The minimum atomic E-state index is -3.14. The molecule has 3 aromatic rings. The summed E-state index contributed by atoms with van der Waals surface area (Å²) in [6.45, 7) is 0.971. The lowest BCUT2D eigenvalue weighted by Gasteiger charge is -2.19. The maximum atomic E-state index is 13.8. The molecule has 11 nitrogen and oxygen atoms in total. The molecular formula is C30H33F2N5O6. The van der Waals surface area contributed by atoms with Crippen molar-refractivity contribution in [2.24, 2.45) is 5.73 Å². The van der Waals surface area contributed by atoms with E-state index < -0.39 is 43.3 Å². The summed E-state index contributed by atoms with van der Waals surface area (Å²) in [7, 11) is 1.55. The fourth-order valence-electron chi connectivity index (χ4n) is 4.66. The molecule has 0 spiro atoms. The van der Waals surface area contributed by atoms with Crippen molar-refractivity contribution in [3.05, 3.63) is 54.2 Å². The van der Waals surface area contributed by atoms with Gasteiger partial charge in [0.15, 0.2) is 0 Å². The predicted molar refractivity (Wildman–Crippen MR) is 153 cm³/mol. The Morgan fingerprint density at radius 2 is 1.88 bits per heavy atom. The van der Waals surface area contributed by atoms with Crippen LogP contribution in [-0.4, -0.2) is 93.4 Å². The molecule has 0 saturated carbocycles. The average Bonchev–Trinajstić information content (AvgIpc) is 3.34. The summed E-state index contributed by atoms with van der Waals surface area (Å²) in [5.41, 5.74) is 7.63. The number of nitrogens with one attached hydrogen (secondary N) is 1. The summed E-state index contributed by atoms with van der Waals surface area (Å²) < 4.78 is 49.7. The molecular weight excluding hydrogens is 564 g/mol. The topological polar surface area (TPSA) is 149 Å². The van der Waals surface area contributed by atoms with E-state index in [2.05, 4.69) is 10.3 Å². The quantitative estimate of drug-likeness (QED) is 0.268. The molecule has 1 aromatic heterocycles. The Bertz CT molecular complexity index is 1480. The smallest absolute Gasteiger partial charge is 0.268 e. The highest BCUT2D eigenvalue weighted by atomic mass is 19.3. The molecule has 2 aromatic carbocycles. The lowest BCUT2D eigenvalue weighted by atomic mass is 9.99. The molecule has 0 bridgehead atoms. The number of pyridine rings is 1. The van der Waals surface area contributed by atoms with E-state index in [1.807, 2.05) is 12.1 Å². The number of amides is 2. The van der Waals surface area contributed by atoms with Crippen LogP contribution in [0.5, 0.6) is 11.5 Å². The number of halogens is 2. The second-order valence-electron chi connectivity index (χ2n) is 9.72. The van der Waals surface area contributed by atoms with Gasteiger partial charge in [-0.05, 0) is 35.9 Å². The molecule has 0 aliphatic carbocycles. The Morgan fingerprint density at radius 1 is 1.12 bits per heavy atom. The maximum absolute atomic E-state index is 13.8. The van der Waals surface area contributed by atoms with E-state index in [0.717, 1.165) is 16.0 Å². The Hall–Kier alpha value is -4.38. The number of ether oxygens (including phenoxy) is 4. The Labute approximate surface area is 247 Å². The van der Waals surface area contributed by atoms with Crippen molar-refractivity contribution in [1.29, 1.82) is 5.26 Å². The van der Waals surface area contributed by atoms with E-state index in [-0.39, 0.29) is 12.2 Å². The zero-order chi connectivity index (χ0) is 30.8. The van der Waals surface area contributed by atoms with E-state index in [1.165, 1.54) is 12.3 Å². The third-order valence-electron chi connectivity index (χ3n) is 6.74. The number of fused-ring (bicyclic) bond motifs is 1. The largest absolute Gasteiger partial charge is 0.497 e. The first-order valence-corrected chi connectivity index (χ1v) is 13.7. The summed E-state index contributed by atoms with van der Waals surface area (Å²) in [6, 6.07) is 12.8. The van der Waals surface area contributed by atoms with E-state index in [0.29, 0.717) is 55.4 Å². The minimum absolute atomic E-state index is 0.240. The fourth-order valence-corrected chi connectivity index (χ4v) is 4.66. The van der Waals surface area contributed by atoms with Crippen LogP contribution in [0.15, 0.2) is 48.7 Å². The van der Waals surface area contributed by atoms with Gasteiger partial charge in [0.05, 0.1) is 63.8 Å². The number of benzene rings is 2. The molecule has 4 rings (SSSR count). The molecule has 43 heavy (non-hydrogen) atoms. The van der Waals surface area contributed by atoms with Crippen molar-refractivity contribution >= 4 is 22.7 Å². The number of carbonyl (C=O) groups is 2. The van der Waals surface area contributed by atoms with Gasteiger partial charge in [-0.15, -0.1) is 0 Å². The second kappa shape index (κ2) is 14.7. The number of alkyl halides is 2. The van der Waals surface area contributed by atoms with E-state index in [9.17, 15) is 18.4 Å². The first-order chi connectivity index (χ1) is 20.8. The minimum Gasteiger partial charge on any atom is -0.497 e. The molecule has 13 heteroatoms. The van der Waals surface area contributed by atoms with Crippen molar-refractivity contribution in [3.63, 3.8) is 0 Å². The maximum Gasteiger partial charge on any atom is 0.268 e. The number of methoxy groups -OCH3 is 1. The van der Waals surface area contributed by atoms with Crippen LogP contribution < -0.4 is 20.5 Å². The standard InChI is InChI=1S/C30H33F2N5O6/c1-40-22-3-4-23(27(15-22)43-13-12-42-11-10-41-9-7-33)20-2-5-26-25(14-20)24(6-8-35-26)29(39)36-18-28(38)37-19-30(31,32)16-21(37)17-34/h2-6,8,14-15,21H,7,9-13,16,18-19,33H2,1H3,(H,36,39)/t21-/m0/s1. The zero-order valence-electron chi connectivity index (χ0n) is 23.7. The number of hydrogen-bond donors (Lipinski definition) is 2. The lowest BCUT2D eigenvalue weighted by molar-refractivity contribution is -0.131. The third-order valence-corrected chi connectivity index (χ3v) is 6.74. The van der Waals surface area contributed by atoms with Crippen molar-refractivity contribution in [1.82, 2.24) is 15.2 Å². The molecule has 1 atom stereocenters. The number of nitriles is 1. The summed E-state index contributed by atoms with van der Waals surface area (Å²) in [5, 5.41) is 12.2. The van der Waals surface area contributed by atoms with Gasteiger partial charge in [0, 0.05) is 36.2 Å². The number of rotatable bonds is 14. The van der Waals surface area contributed by atoms with Gasteiger partial charge < -0.3 is 34.9 Å². The van der Waals surface area contributed by atoms with Gasteiger partial charge in [-0.2, -0.15) is 5.26 Å². The van der Waals surface area contributed by atoms with Crippen LogP contribution in [0, 0.1) is 11.3 Å². The monoisotopic (exact) mass is 597 g/mol. The third kappa shape index (κ3) is 8.13. The second-order valence-corrected chi connectivity index (χ2v) is 9.72. The summed E-state index contributed by atoms with van der Waals surface area (Å²) in [6.07, 6.45) is 0.740. The van der Waals surface area contributed by atoms with Gasteiger partial charge in [-0.25, -0.2) is 8.78 Å². The molecule has 1 aliphatic rings.